The van der Waals surface area contributed by atoms with Crippen molar-refractivity contribution in [2.24, 2.45) is 0 Å². The number of fused-ring (bicyclic) bond motifs is 5. The number of aromatic hydroxyl groups is 1. The van der Waals surface area contributed by atoms with Crippen LogP contribution < -0.4 is 0 Å². The lowest BCUT2D eigenvalue weighted by atomic mass is 10.0. The number of carbonyl (C=O) groups is 1. The quantitative estimate of drug-likeness (QED) is 0.516. The predicted octanol–water partition coefficient (Wildman–Crippen LogP) is 5.24. The smallest absolute Gasteiger partial charge is 0.342 e. The third kappa shape index (κ3) is 2.41. The first-order valence-corrected chi connectivity index (χ1v) is 8.89. The number of para-hydroxylation sites is 1. The number of phenols is 1. The fourth-order valence-corrected chi connectivity index (χ4v) is 3.68. The Kier molecular flexibility index (Phi) is 3.83. The Balaban J connectivity index is 2.05. The number of carbonyl (C=O) groups excluding carboxylic acids is 1. The largest absolute Gasteiger partial charge is 0.507 e. The lowest BCUT2D eigenvalue weighted by Gasteiger charge is -2.11. The molecule has 1 aromatic heterocycles. The summed E-state index contributed by atoms with van der Waals surface area (Å²) in [7, 11) is 0. The van der Waals surface area contributed by atoms with Crippen molar-refractivity contribution < 1.29 is 14.6 Å². The van der Waals surface area contributed by atoms with Crippen LogP contribution in [0.25, 0.3) is 32.6 Å². The maximum atomic E-state index is 12.3. The highest BCUT2D eigenvalue weighted by Crippen LogP contribution is 2.36. The topological polar surface area (TPSA) is 51.5 Å². The second-order valence-electron chi connectivity index (χ2n) is 6.77. The van der Waals surface area contributed by atoms with E-state index in [9.17, 15) is 9.90 Å². The molecule has 0 aliphatic carbocycles. The molecule has 0 aliphatic heterocycles. The summed E-state index contributed by atoms with van der Waals surface area (Å²) in [6, 6.07) is 15.8. The number of aromatic nitrogens is 1. The van der Waals surface area contributed by atoms with Gasteiger partial charge in [0.25, 0.3) is 0 Å². The van der Waals surface area contributed by atoms with Crippen LogP contribution in [0, 0.1) is 0 Å². The molecule has 0 atom stereocenters. The van der Waals surface area contributed by atoms with Crippen molar-refractivity contribution in [3.05, 3.63) is 54.1 Å². The van der Waals surface area contributed by atoms with Crippen LogP contribution in [-0.4, -0.2) is 21.7 Å². The van der Waals surface area contributed by atoms with Gasteiger partial charge in [0.1, 0.15) is 11.3 Å². The van der Waals surface area contributed by atoms with E-state index < -0.39 is 5.97 Å². The third-order valence-electron chi connectivity index (χ3n) is 4.74. The molecule has 0 saturated heterocycles. The van der Waals surface area contributed by atoms with Crippen molar-refractivity contribution in [2.45, 2.75) is 33.4 Å². The fraction of sp³-hybridized carbons (Fsp3) is 0.227. The van der Waals surface area contributed by atoms with E-state index in [1.165, 1.54) is 10.9 Å². The number of hydrogen-bond acceptors (Lipinski definition) is 3. The zero-order chi connectivity index (χ0) is 18.4. The number of hydrogen-bond donors (Lipinski definition) is 1. The molecular formula is C22H21NO3. The number of phenolic OH excluding ortho intramolecular Hbond substituents is 1. The maximum Gasteiger partial charge on any atom is 0.342 e. The van der Waals surface area contributed by atoms with Crippen LogP contribution in [-0.2, 0) is 11.3 Å². The average Bonchev–Trinajstić information content (AvgIpc) is 2.94. The summed E-state index contributed by atoms with van der Waals surface area (Å²) in [5.41, 5.74) is 2.44. The van der Waals surface area contributed by atoms with Gasteiger partial charge in [-0.25, -0.2) is 4.79 Å². The Labute approximate surface area is 151 Å². The van der Waals surface area contributed by atoms with Gasteiger partial charge in [0.2, 0.25) is 0 Å². The molecule has 0 spiro atoms. The van der Waals surface area contributed by atoms with Gasteiger partial charge in [-0.2, -0.15) is 0 Å². The highest BCUT2D eigenvalue weighted by atomic mass is 16.5. The van der Waals surface area contributed by atoms with Crippen LogP contribution >= 0.6 is 0 Å². The van der Waals surface area contributed by atoms with Crippen molar-refractivity contribution >= 4 is 38.5 Å². The minimum atomic E-state index is -0.504. The van der Waals surface area contributed by atoms with Gasteiger partial charge in [0, 0.05) is 28.2 Å². The molecule has 132 valence electrons. The fourth-order valence-electron chi connectivity index (χ4n) is 3.68. The molecule has 0 bridgehead atoms. The van der Waals surface area contributed by atoms with E-state index >= 15 is 0 Å². The lowest BCUT2D eigenvalue weighted by molar-refractivity contribution is 0.0375. The van der Waals surface area contributed by atoms with Crippen molar-refractivity contribution in [3.63, 3.8) is 0 Å². The molecule has 26 heavy (non-hydrogen) atoms. The molecule has 4 nitrogen and oxygen atoms in total. The number of nitrogens with zero attached hydrogens (tertiary/aromatic N) is 1. The second kappa shape index (κ2) is 6.06. The van der Waals surface area contributed by atoms with Crippen LogP contribution in [0.2, 0.25) is 0 Å². The molecule has 1 N–H and O–H groups in total. The van der Waals surface area contributed by atoms with E-state index in [0.717, 1.165) is 28.2 Å². The van der Waals surface area contributed by atoms with Gasteiger partial charge in [0.15, 0.2) is 0 Å². The van der Waals surface area contributed by atoms with E-state index in [2.05, 4.69) is 29.7 Å². The molecule has 4 rings (SSSR count). The summed E-state index contributed by atoms with van der Waals surface area (Å²) in [6.45, 7) is 6.51. The number of esters is 1. The van der Waals surface area contributed by atoms with Gasteiger partial charge >= 0.3 is 5.97 Å². The number of rotatable bonds is 3. The van der Waals surface area contributed by atoms with Crippen molar-refractivity contribution in [1.29, 1.82) is 0 Å². The van der Waals surface area contributed by atoms with Gasteiger partial charge in [-0.1, -0.05) is 30.3 Å². The Bertz CT molecular complexity index is 1150. The average molecular weight is 347 g/mol. The molecule has 0 radical (unpaired) electrons. The summed E-state index contributed by atoms with van der Waals surface area (Å²) < 4.78 is 7.49. The monoisotopic (exact) mass is 347 g/mol. The molecule has 4 aromatic rings. The zero-order valence-electron chi connectivity index (χ0n) is 15.1. The summed E-state index contributed by atoms with van der Waals surface area (Å²) in [5, 5.41) is 14.6. The predicted molar refractivity (Wildman–Crippen MR) is 105 cm³/mol. The minimum absolute atomic E-state index is 0.0523. The van der Waals surface area contributed by atoms with Gasteiger partial charge in [0.05, 0.1) is 11.6 Å². The van der Waals surface area contributed by atoms with Crippen LogP contribution in [0.4, 0.5) is 0 Å². The first-order valence-electron chi connectivity index (χ1n) is 8.89. The molecule has 0 aliphatic rings. The SMILES string of the molecule is CCn1c2ccccc2c2ccc3cc(C(=O)OC(C)C)c(O)cc3c21. The first-order chi connectivity index (χ1) is 12.5. The van der Waals surface area contributed by atoms with Crippen LogP contribution in [0.15, 0.2) is 48.5 Å². The maximum absolute atomic E-state index is 12.3. The standard InChI is InChI=1S/C22H21NO3/c1-4-23-19-8-6-5-7-15(19)16-10-9-14-11-18(22(25)26-13(2)3)20(24)12-17(14)21(16)23/h5-13,24H,4H2,1-3H3. The summed E-state index contributed by atoms with van der Waals surface area (Å²) in [4.78, 5) is 12.3. The Morgan fingerprint density at radius 3 is 2.58 bits per heavy atom. The van der Waals surface area contributed by atoms with E-state index in [1.807, 2.05) is 18.2 Å². The zero-order valence-corrected chi connectivity index (χ0v) is 15.1. The lowest BCUT2D eigenvalue weighted by Crippen LogP contribution is -2.11. The highest BCUT2D eigenvalue weighted by molar-refractivity contribution is 6.18. The van der Waals surface area contributed by atoms with Crippen molar-refractivity contribution in [3.8, 4) is 5.75 Å². The van der Waals surface area contributed by atoms with Crippen LogP contribution in [0.5, 0.6) is 5.75 Å². The van der Waals surface area contributed by atoms with E-state index in [-0.39, 0.29) is 17.4 Å². The molecule has 0 unspecified atom stereocenters. The van der Waals surface area contributed by atoms with Gasteiger partial charge in [-0.05, 0) is 44.4 Å². The van der Waals surface area contributed by atoms with E-state index in [1.54, 1.807) is 26.0 Å². The van der Waals surface area contributed by atoms with E-state index in [4.69, 9.17) is 4.74 Å². The Hall–Kier alpha value is -3.01. The second-order valence-corrected chi connectivity index (χ2v) is 6.77. The van der Waals surface area contributed by atoms with Gasteiger partial charge < -0.3 is 14.4 Å². The summed E-state index contributed by atoms with van der Waals surface area (Å²) >= 11 is 0. The van der Waals surface area contributed by atoms with Gasteiger partial charge in [-0.3, -0.25) is 0 Å². The summed E-state index contributed by atoms with van der Waals surface area (Å²) in [5.74, 6) is -0.556. The molecule has 3 aromatic carbocycles. The van der Waals surface area contributed by atoms with Crippen LogP contribution in [0.1, 0.15) is 31.1 Å². The molecule has 0 saturated carbocycles. The Morgan fingerprint density at radius 1 is 1.08 bits per heavy atom. The molecule has 0 fully saturated rings. The normalized spacial score (nSPS) is 11.7. The van der Waals surface area contributed by atoms with Gasteiger partial charge in [-0.15, -0.1) is 0 Å². The molecular weight excluding hydrogens is 326 g/mol. The molecule has 0 amide bonds. The van der Waals surface area contributed by atoms with Crippen LogP contribution in [0.3, 0.4) is 0 Å². The molecule has 1 heterocycles. The minimum Gasteiger partial charge on any atom is -0.507 e. The van der Waals surface area contributed by atoms with Crippen molar-refractivity contribution in [1.82, 2.24) is 4.57 Å². The summed E-state index contributed by atoms with van der Waals surface area (Å²) in [6.07, 6.45) is -0.234. The third-order valence-corrected chi connectivity index (χ3v) is 4.74. The first kappa shape index (κ1) is 16.5. The van der Waals surface area contributed by atoms with Crippen molar-refractivity contribution in [2.75, 3.05) is 0 Å². The number of ether oxygens (including phenoxy) is 1. The molecule has 4 heteroatoms. The highest BCUT2D eigenvalue weighted by Gasteiger charge is 2.18. The number of benzene rings is 3. The van der Waals surface area contributed by atoms with E-state index in [0.29, 0.717) is 0 Å². The Morgan fingerprint density at radius 2 is 1.85 bits per heavy atom. The number of aryl methyl sites for hydroxylation is 1.